The van der Waals surface area contributed by atoms with Crippen molar-refractivity contribution in [2.75, 3.05) is 7.11 Å². The molecule has 2 heterocycles. The molecule has 3 rings (SSSR count). The Hall–Kier alpha value is -1.46. The molecule has 4 nitrogen and oxygen atoms in total. The van der Waals surface area contributed by atoms with Crippen molar-refractivity contribution in [2.24, 2.45) is 0 Å². The Kier molecular flexibility index (Phi) is 3.25. The van der Waals surface area contributed by atoms with Gasteiger partial charge in [0.1, 0.15) is 10.7 Å². The Labute approximate surface area is 110 Å². The molecule has 94 valence electrons. The fourth-order valence-electron chi connectivity index (χ4n) is 1.69. The highest BCUT2D eigenvalue weighted by molar-refractivity contribution is 7.14. The summed E-state index contributed by atoms with van der Waals surface area (Å²) in [7, 11) is 1.62. The number of ether oxygens (including phenoxy) is 1. The van der Waals surface area contributed by atoms with E-state index in [2.05, 4.69) is 15.3 Å². The Morgan fingerprint density at radius 3 is 3.11 bits per heavy atom. The molecule has 0 unspecified atom stereocenters. The van der Waals surface area contributed by atoms with Crippen LogP contribution in [0.15, 0.2) is 24.4 Å². The average molecular weight is 261 g/mol. The van der Waals surface area contributed by atoms with Crippen molar-refractivity contribution in [1.82, 2.24) is 15.3 Å². The van der Waals surface area contributed by atoms with Crippen molar-refractivity contribution in [3.05, 3.63) is 29.3 Å². The van der Waals surface area contributed by atoms with Gasteiger partial charge >= 0.3 is 0 Å². The van der Waals surface area contributed by atoms with E-state index in [1.807, 2.05) is 24.4 Å². The summed E-state index contributed by atoms with van der Waals surface area (Å²) in [6.45, 7) is 0.909. The van der Waals surface area contributed by atoms with Gasteiger partial charge in [-0.15, -0.1) is 11.3 Å². The maximum Gasteiger partial charge on any atom is 0.213 e. The van der Waals surface area contributed by atoms with Gasteiger partial charge in [-0.25, -0.2) is 9.97 Å². The quantitative estimate of drug-likeness (QED) is 0.898. The first-order chi connectivity index (χ1) is 8.85. The number of rotatable bonds is 5. The molecule has 0 radical (unpaired) electrons. The summed E-state index contributed by atoms with van der Waals surface area (Å²) < 4.78 is 5.12. The van der Waals surface area contributed by atoms with Crippen LogP contribution in [0.3, 0.4) is 0 Å². The topological polar surface area (TPSA) is 47.0 Å². The Bertz CT molecular complexity index is 537. The predicted octanol–water partition coefficient (Wildman–Crippen LogP) is 2.47. The van der Waals surface area contributed by atoms with E-state index in [1.54, 1.807) is 18.4 Å². The molecule has 0 amide bonds. The summed E-state index contributed by atoms with van der Waals surface area (Å²) in [6.07, 6.45) is 4.54. The number of aromatic nitrogens is 2. The smallest absolute Gasteiger partial charge is 0.213 e. The molecular formula is C13H15N3OS. The first-order valence-electron chi connectivity index (χ1n) is 6.04. The van der Waals surface area contributed by atoms with Crippen LogP contribution in [-0.2, 0) is 6.54 Å². The molecule has 1 saturated carbocycles. The molecule has 5 heteroatoms. The largest absolute Gasteiger partial charge is 0.481 e. The first kappa shape index (κ1) is 11.6. The number of thiazole rings is 1. The minimum Gasteiger partial charge on any atom is -0.481 e. The molecule has 2 aromatic rings. The zero-order valence-corrected chi connectivity index (χ0v) is 11.0. The van der Waals surface area contributed by atoms with E-state index in [9.17, 15) is 0 Å². The number of pyridine rings is 1. The summed E-state index contributed by atoms with van der Waals surface area (Å²) in [5.41, 5.74) is 0.872. The molecule has 0 saturated heterocycles. The molecular weight excluding hydrogens is 246 g/mol. The zero-order chi connectivity index (χ0) is 12.4. The minimum atomic E-state index is 0.625. The van der Waals surface area contributed by atoms with Gasteiger partial charge in [0.15, 0.2) is 0 Å². The van der Waals surface area contributed by atoms with Crippen molar-refractivity contribution in [3.8, 4) is 16.6 Å². The Balaban J connectivity index is 1.74. The molecule has 0 bridgehead atoms. The number of nitrogens with one attached hydrogen (secondary N) is 1. The van der Waals surface area contributed by atoms with Crippen LogP contribution < -0.4 is 10.1 Å². The lowest BCUT2D eigenvalue weighted by Crippen LogP contribution is -2.14. The summed E-state index contributed by atoms with van der Waals surface area (Å²) in [5, 5.41) is 4.43. The molecule has 0 spiro atoms. The van der Waals surface area contributed by atoms with Crippen LogP contribution in [0.4, 0.5) is 0 Å². The molecule has 2 aromatic heterocycles. The second-order valence-corrected chi connectivity index (χ2v) is 5.47. The summed E-state index contributed by atoms with van der Waals surface area (Å²) in [6, 6.07) is 6.46. The molecule has 1 fully saturated rings. The molecule has 1 aliphatic rings. The van der Waals surface area contributed by atoms with Gasteiger partial charge in [-0.3, -0.25) is 0 Å². The lowest BCUT2D eigenvalue weighted by molar-refractivity contribution is 0.398. The van der Waals surface area contributed by atoms with Crippen LogP contribution in [0.5, 0.6) is 5.88 Å². The predicted molar refractivity (Wildman–Crippen MR) is 71.8 cm³/mol. The van der Waals surface area contributed by atoms with Gasteiger partial charge in [0.2, 0.25) is 5.88 Å². The SMILES string of the molecule is COc1cccc(-c2ncc(CNC3CC3)s2)n1. The van der Waals surface area contributed by atoms with Crippen LogP contribution in [0.2, 0.25) is 0 Å². The van der Waals surface area contributed by atoms with Gasteiger partial charge < -0.3 is 10.1 Å². The van der Waals surface area contributed by atoms with Gasteiger partial charge in [0.05, 0.1) is 7.11 Å². The van der Waals surface area contributed by atoms with E-state index in [0.717, 1.165) is 23.3 Å². The molecule has 0 atom stereocenters. The number of hydrogen-bond acceptors (Lipinski definition) is 5. The van der Waals surface area contributed by atoms with Crippen molar-refractivity contribution >= 4 is 11.3 Å². The summed E-state index contributed by atoms with van der Waals surface area (Å²) >= 11 is 1.68. The van der Waals surface area contributed by atoms with E-state index >= 15 is 0 Å². The second kappa shape index (κ2) is 5.04. The molecule has 0 aliphatic heterocycles. The van der Waals surface area contributed by atoms with E-state index in [-0.39, 0.29) is 0 Å². The van der Waals surface area contributed by atoms with Gasteiger partial charge in [0.25, 0.3) is 0 Å². The van der Waals surface area contributed by atoms with E-state index < -0.39 is 0 Å². The standard InChI is InChI=1S/C13H15N3OS/c1-17-12-4-2-3-11(16-12)13-15-8-10(18-13)7-14-9-5-6-9/h2-4,8-9,14H,5-7H2,1H3. The maximum absolute atomic E-state index is 5.12. The van der Waals surface area contributed by atoms with Crippen LogP contribution in [0.1, 0.15) is 17.7 Å². The third-order valence-electron chi connectivity index (χ3n) is 2.85. The normalized spacial score (nSPS) is 14.7. The highest BCUT2D eigenvalue weighted by atomic mass is 32.1. The van der Waals surface area contributed by atoms with E-state index in [0.29, 0.717) is 5.88 Å². The van der Waals surface area contributed by atoms with Crippen molar-refractivity contribution < 1.29 is 4.74 Å². The molecule has 1 aliphatic carbocycles. The Morgan fingerprint density at radius 1 is 1.44 bits per heavy atom. The molecule has 0 aromatic carbocycles. The van der Waals surface area contributed by atoms with E-state index in [1.165, 1.54) is 17.7 Å². The highest BCUT2D eigenvalue weighted by Gasteiger charge is 2.20. The lowest BCUT2D eigenvalue weighted by Gasteiger charge is -2.00. The second-order valence-electron chi connectivity index (χ2n) is 4.35. The molecule has 1 N–H and O–H groups in total. The average Bonchev–Trinajstić information content (AvgIpc) is 3.13. The zero-order valence-electron chi connectivity index (χ0n) is 10.2. The van der Waals surface area contributed by atoms with Crippen LogP contribution in [0, 0.1) is 0 Å². The Morgan fingerprint density at radius 2 is 2.33 bits per heavy atom. The number of methoxy groups -OCH3 is 1. The van der Waals surface area contributed by atoms with Crippen molar-refractivity contribution in [2.45, 2.75) is 25.4 Å². The van der Waals surface area contributed by atoms with Crippen LogP contribution >= 0.6 is 11.3 Å². The van der Waals surface area contributed by atoms with Gasteiger partial charge in [0, 0.05) is 29.7 Å². The lowest BCUT2D eigenvalue weighted by atomic mass is 10.3. The van der Waals surface area contributed by atoms with Crippen molar-refractivity contribution in [1.29, 1.82) is 0 Å². The fourth-order valence-corrected chi connectivity index (χ4v) is 2.52. The maximum atomic E-state index is 5.12. The monoisotopic (exact) mass is 261 g/mol. The third-order valence-corrected chi connectivity index (χ3v) is 3.87. The fraction of sp³-hybridized carbons (Fsp3) is 0.385. The first-order valence-corrected chi connectivity index (χ1v) is 6.86. The van der Waals surface area contributed by atoms with Crippen LogP contribution in [0.25, 0.3) is 10.7 Å². The van der Waals surface area contributed by atoms with Crippen LogP contribution in [-0.4, -0.2) is 23.1 Å². The highest BCUT2D eigenvalue weighted by Crippen LogP contribution is 2.26. The number of hydrogen-bond donors (Lipinski definition) is 1. The summed E-state index contributed by atoms with van der Waals surface area (Å²) in [5.74, 6) is 0.625. The van der Waals surface area contributed by atoms with Gasteiger partial charge in [-0.2, -0.15) is 0 Å². The summed E-state index contributed by atoms with van der Waals surface area (Å²) in [4.78, 5) is 10.1. The number of nitrogens with zero attached hydrogens (tertiary/aromatic N) is 2. The van der Waals surface area contributed by atoms with Gasteiger partial charge in [-0.05, 0) is 18.9 Å². The third kappa shape index (κ3) is 2.68. The van der Waals surface area contributed by atoms with E-state index in [4.69, 9.17) is 4.74 Å². The molecule has 18 heavy (non-hydrogen) atoms. The van der Waals surface area contributed by atoms with Crippen molar-refractivity contribution in [3.63, 3.8) is 0 Å². The minimum absolute atomic E-state index is 0.625. The van der Waals surface area contributed by atoms with Gasteiger partial charge in [-0.1, -0.05) is 6.07 Å².